The van der Waals surface area contributed by atoms with E-state index in [-0.39, 0.29) is 0 Å². The van der Waals surface area contributed by atoms with Crippen LogP contribution >= 0.6 is 11.3 Å². The molecule has 8 heteroatoms. The van der Waals surface area contributed by atoms with E-state index in [1.54, 1.807) is 11.3 Å². The number of aryl methyl sites for hydroxylation is 1. The summed E-state index contributed by atoms with van der Waals surface area (Å²) in [6, 6.07) is 5.77. The van der Waals surface area contributed by atoms with E-state index in [2.05, 4.69) is 32.5 Å². The predicted octanol–water partition coefficient (Wildman–Crippen LogP) is 3.25. The Hall–Kier alpha value is -2.32. The van der Waals surface area contributed by atoms with Crippen LogP contribution in [-0.2, 0) is 6.54 Å². The molecule has 4 rings (SSSR count). The third kappa shape index (κ3) is 5.61. The van der Waals surface area contributed by atoms with Crippen molar-refractivity contribution in [1.82, 2.24) is 9.88 Å². The van der Waals surface area contributed by atoms with Gasteiger partial charge in [-0.15, -0.1) is 11.3 Å². The highest BCUT2D eigenvalue weighted by Gasteiger charge is 2.19. The Balaban J connectivity index is 1.24. The summed E-state index contributed by atoms with van der Waals surface area (Å²) >= 11 is 1.72. The van der Waals surface area contributed by atoms with Crippen LogP contribution in [0.4, 0.5) is 5.69 Å². The van der Waals surface area contributed by atoms with Gasteiger partial charge in [0.05, 0.1) is 23.9 Å². The molecular formula is C21H29N5O2S. The van der Waals surface area contributed by atoms with Crippen molar-refractivity contribution in [2.24, 2.45) is 16.6 Å². The topological polar surface area (TPSA) is 85.0 Å². The van der Waals surface area contributed by atoms with Crippen molar-refractivity contribution in [3.63, 3.8) is 0 Å². The largest absolute Gasteiger partial charge is 0.490 e. The van der Waals surface area contributed by atoms with Crippen LogP contribution in [0.25, 0.3) is 0 Å². The number of fused-ring (bicyclic) bond motifs is 1. The summed E-state index contributed by atoms with van der Waals surface area (Å²) in [5.74, 6) is 2.55. The second kappa shape index (κ2) is 9.45. The van der Waals surface area contributed by atoms with Crippen LogP contribution in [0.15, 0.2) is 28.6 Å². The van der Waals surface area contributed by atoms with E-state index in [1.807, 2.05) is 18.2 Å². The molecule has 3 N–H and O–H groups in total. The minimum Gasteiger partial charge on any atom is -0.490 e. The number of thiazole rings is 1. The van der Waals surface area contributed by atoms with Gasteiger partial charge in [0, 0.05) is 36.6 Å². The molecule has 0 saturated carbocycles. The summed E-state index contributed by atoms with van der Waals surface area (Å²) in [6.07, 6.45) is 3.18. The number of likely N-dealkylation sites (tertiary alicyclic amines) is 1. The van der Waals surface area contributed by atoms with E-state index in [9.17, 15) is 0 Å². The molecule has 2 aliphatic heterocycles. The quantitative estimate of drug-likeness (QED) is 0.576. The molecule has 29 heavy (non-hydrogen) atoms. The molecule has 156 valence electrons. The molecule has 7 nitrogen and oxygen atoms in total. The minimum absolute atomic E-state index is 0.444. The van der Waals surface area contributed by atoms with Crippen molar-refractivity contribution in [3.8, 4) is 11.5 Å². The number of rotatable bonds is 5. The monoisotopic (exact) mass is 415 g/mol. The molecule has 0 unspecified atom stereocenters. The van der Waals surface area contributed by atoms with Gasteiger partial charge in [-0.1, -0.05) is 0 Å². The maximum absolute atomic E-state index is 6.11. The number of aromatic nitrogens is 1. The second-order valence-corrected chi connectivity index (χ2v) is 8.70. The molecule has 2 aliphatic rings. The first-order valence-corrected chi connectivity index (χ1v) is 11.1. The summed E-state index contributed by atoms with van der Waals surface area (Å²) in [5.41, 5.74) is 8.16. The minimum atomic E-state index is 0.444. The summed E-state index contributed by atoms with van der Waals surface area (Å²) in [7, 11) is 0. The third-order valence-electron chi connectivity index (χ3n) is 5.30. The number of benzene rings is 1. The van der Waals surface area contributed by atoms with Gasteiger partial charge in [0.1, 0.15) is 0 Å². The molecule has 0 aliphatic carbocycles. The molecule has 1 fully saturated rings. The first-order chi connectivity index (χ1) is 14.2. The van der Waals surface area contributed by atoms with Crippen LogP contribution in [0.1, 0.15) is 30.0 Å². The number of piperidine rings is 1. The van der Waals surface area contributed by atoms with E-state index in [0.717, 1.165) is 67.6 Å². The fourth-order valence-electron chi connectivity index (χ4n) is 3.69. The zero-order valence-electron chi connectivity index (χ0n) is 16.9. The Labute approximate surface area is 175 Å². The van der Waals surface area contributed by atoms with Crippen molar-refractivity contribution in [2.75, 3.05) is 38.2 Å². The number of aliphatic imine (C=N–C) groups is 1. The van der Waals surface area contributed by atoms with Gasteiger partial charge in [-0.3, -0.25) is 9.89 Å². The number of hydrogen-bond donors (Lipinski definition) is 2. The van der Waals surface area contributed by atoms with E-state index in [1.165, 1.54) is 5.69 Å². The maximum atomic E-state index is 6.11. The number of ether oxygens (including phenoxy) is 2. The highest BCUT2D eigenvalue weighted by atomic mass is 32.1. The molecule has 1 saturated heterocycles. The van der Waals surface area contributed by atoms with Gasteiger partial charge >= 0.3 is 0 Å². The summed E-state index contributed by atoms with van der Waals surface area (Å²) in [6.45, 7) is 7.30. The Morgan fingerprint density at radius 2 is 2.07 bits per heavy atom. The highest BCUT2D eigenvalue weighted by molar-refractivity contribution is 7.09. The first kappa shape index (κ1) is 20.0. The van der Waals surface area contributed by atoms with Crippen molar-refractivity contribution in [3.05, 3.63) is 34.3 Å². The van der Waals surface area contributed by atoms with Crippen LogP contribution in [-0.4, -0.2) is 48.7 Å². The number of nitrogens with one attached hydrogen (secondary N) is 1. The lowest BCUT2D eigenvalue weighted by atomic mass is 9.97. The van der Waals surface area contributed by atoms with Gasteiger partial charge in [-0.05, 0) is 50.9 Å². The lowest BCUT2D eigenvalue weighted by Gasteiger charge is -2.30. The van der Waals surface area contributed by atoms with E-state index in [4.69, 9.17) is 15.2 Å². The van der Waals surface area contributed by atoms with Crippen molar-refractivity contribution >= 4 is 23.0 Å². The number of nitrogens with zero attached hydrogens (tertiary/aromatic N) is 3. The summed E-state index contributed by atoms with van der Waals surface area (Å²) in [5, 5.41) is 6.47. The lowest BCUT2D eigenvalue weighted by molar-refractivity contribution is 0.179. The van der Waals surface area contributed by atoms with Crippen LogP contribution in [0, 0.1) is 12.8 Å². The van der Waals surface area contributed by atoms with Gasteiger partial charge in [-0.2, -0.15) is 0 Å². The Morgan fingerprint density at radius 1 is 1.28 bits per heavy atom. The number of nitrogens with two attached hydrogens (primary N) is 1. The smallest absolute Gasteiger partial charge is 0.193 e. The van der Waals surface area contributed by atoms with Crippen LogP contribution < -0.4 is 20.5 Å². The molecule has 0 spiro atoms. The molecular weight excluding hydrogens is 386 g/mol. The SMILES string of the molecule is Cc1nc(CN2CCC(CN=C(N)Nc3ccc4c(c3)OCCCO4)CC2)cs1. The van der Waals surface area contributed by atoms with Crippen LogP contribution in [0.2, 0.25) is 0 Å². The highest BCUT2D eigenvalue weighted by Crippen LogP contribution is 2.32. The average molecular weight is 416 g/mol. The molecule has 0 bridgehead atoms. The molecule has 0 radical (unpaired) electrons. The summed E-state index contributed by atoms with van der Waals surface area (Å²) < 4.78 is 11.4. The number of hydrogen-bond acceptors (Lipinski definition) is 6. The Morgan fingerprint density at radius 3 is 2.83 bits per heavy atom. The first-order valence-electron chi connectivity index (χ1n) is 10.3. The fraction of sp³-hybridized carbons (Fsp3) is 0.524. The van der Waals surface area contributed by atoms with Crippen molar-refractivity contribution in [2.45, 2.75) is 32.7 Å². The zero-order valence-corrected chi connectivity index (χ0v) is 17.7. The van der Waals surface area contributed by atoms with E-state index >= 15 is 0 Å². The molecule has 3 heterocycles. The van der Waals surface area contributed by atoms with Gasteiger partial charge in [0.15, 0.2) is 17.5 Å². The van der Waals surface area contributed by atoms with E-state index < -0.39 is 0 Å². The van der Waals surface area contributed by atoms with Gasteiger partial charge in [-0.25, -0.2) is 4.98 Å². The maximum Gasteiger partial charge on any atom is 0.193 e. The predicted molar refractivity (Wildman–Crippen MR) is 117 cm³/mol. The van der Waals surface area contributed by atoms with Gasteiger partial charge in [0.2, 0.25) is 0 Å². The Bertz CT molecular complexity index is 845. The number of anilines is 1. The lowest BCUT2D eigenvalue weighted by Crippen LogP contribution is -2.34. The average Bonchev–Trinajstić information content (AvgIpc) is 2.98. The van der Waals surface area contributed by atoms with Crippen molar-refractivity contribution in [1.29, 1.82) is 0 Å². The second-order valence-electron chi connectivity index (χ2n) is 7.64. The fourth-order valence-corrected chi connectivity index (χ4v) is 4.30. The molecule has 0 atom stereocenters. The Kier molecular flexibility index (Phi) is 6.51. The van der Waals surface area contributed by atoms with Gasteiger partial charge < -0.3 is 20.5 Å². The summed E-state index contributed by atoms with van der Waals surface area (Å²) in [4.78, 5) is 11.6. The third-order valence-corrected chi connectivity index (χ3v) is 6.12. The molecule has 1 aromatic carbocycles. The zero-order chi connectivity index (χ0) is 20.1. The molecule has 2 aromatic rings. The van der Waals surface area contributed by atoms with Gasteiger partial charge in [0.25, 0.3) is 0 Å². The van der Waals surface area contributed by atoms with Crippen LogP contribution in [0.3, 0.4) is 0 Å². The van der Waals surface area contributed by atoms with Crippen LogP contribution in [0.5, 0.6) is 11.5 Å². The van der Waals surface area contributed by atoms with E-state index in [0.29, 0.717) is 25.1 Å². The number of guanidine groups is 1. The normalized spacial score (nSPS) is 18.4. The molecule has 1 aromatic heterocycles. The standard InChI is InChI=1S/C21H29N5O2S/c1-15-24-18(14-29-15)13-26-7-5-16(6-8-26)12-23-21(22)25-17-3-4-19-20(11-17)28-10-2-9-27-19/h3-4,11,14,16H,2,5-10,12-13H2,1H3,(H3,22,23,25). The molecule has 0 amide bonds. The van der Waals surface area contributed by atoms with Crippen molar-refractivity contribution < 1.29 is 9.47 Å².